The zero-order valence-corrected chi connectivity index (χ0v) is 14.2. The number of hydrogen-bond donors (Lipinski definition) is 1. The summed E-state index contributed by atoms with van der Waals surface area (Å²) in [5, 5.41) is 0.597. The monoisotopic (exact) mass is 340 g/mol. The van der Waals surface area contributed by atoms with Crippen LogP contribution in [0.3, 0.4) is 0 Å². The highest BCUT2D eigenvalue weighted by atomic mass is 16.1. The molecule has 0 aliphatic rings. The topological polar surface area (TPSA) is 62.8 Å². The molecule has 4 nitrogen and oxygen atoms in total. The van der Waals surface area contributed by atoms with Gasteiger partial charge < -0.3 is 4.98 Å². The Bertz CT molecular complexity index is 1160. The average Bonchev–Trinajstić information content (AvgIpc) is 2.68. The summed E-state index contributed by atoms with van der Waals surface area (Å²) in [5.74, 6) is 0. The van der Waals surface area contributed by atoms with E-state index in [1.54, 1.807) is 18.3 Å². The second kappa shape index (κ2) is 6.41. The third-order valence-electron chi connectivity index (χ3n) is 4.54. The Morgan fingerprint density at radius 1 is 0.923 bits per heavy atom. The van der Waals surface area contributed by atoms with E-state index < -0.39 is 0 Å². The molecule has 0 spiro atoms. The van der Waals surface area contributed by atoms with Gasteiger partial charge in [-0.2, -0.15) is 0 Å². The molecule has 0 fully saturated rings. The maximum absolute atomic E-state index is 12.4. The molecule has 2 heterocycles. The van der Waals surface area contributed by atoms with Crippen LogP contribution in [0.2, 0.25) is 0 Å². The zero-order chi connectivity index (χ0) is 18.1. The fourth-order valence-electron chi connectivity index (χ4n) is 3.29. The summed E-state index contributed by atoms with van der Waals surface area (Å²) in [6.45, 7) is 1.95. The van der Waals surface area contributed by atoms with E-state index in [1.807, 2.05) is 55.5 Å². The van der Waals surface area contributed by atoms with Gasteiger partial charge in [0.25, 0.3) is 5.56 Å². The number of nitrogens with one attached hydrogen (secondary N) is 1. The lowest BCUT2D eigenvalue weighted by Crippen LogP contribution is -2.09. The van der Waals surface area contributed by atoms with Gasteiger partial charge >= 0.3 is 0 Å². The Morgan fingerprint density at radius 2 is 1.65 bits per heavy atom. The van der Waals surface area contributed by atoms with E-state index in [0.717, 1.165) is 34.2 Å². The predicted molar refractivity (Wildman–Crippen MR) is 103 cm³/mol. The maximum atomic E-state index is 12.4. The number of benzene rings is 2. The van der Waals surface area contributed by atoms with Gasteiger partial charge in [-0.25, -0.2) is 4.98 Å². The minimum Gasteiger partial charge on any atom is -0.328 e. The SMILES string of the molecule is Cc1c(-c2ccccc2)c(-c2ccc(C=O)cc2)nc2cc[nH]c(=O)c12. The first-order valence-corrected chi connectivity index (χ1v) is 8.32. The van der Waals surface area contributed by atoms with Crippen LogP contribution >= 0.6 is 0 Å². The Hall–Kier alpha value is -3.53. The summed E-state index contributed by atoms with van der Waals surface area (Å²) in [7, 11) is 0. The number of hydrogen-bond acceptors (Lipinski definition) is 3. The van der Waals surface area contributed by atoms with Crippen LogP contribution < -0.4 is 5.56 Å². The van der Waals surface area contributed by atoms with Crippen molar-refractivity contribution in [3.8, 4) is 22.4 Å². The first-order chi connectivity index (χ1) is 12.7. The molecule has 0 aliphatic carbocycles. The molecule has 0 atom stereocenters. The van der Waals surface area contributed by atoms with Crippen molar-refractivity contribution in [2.24, 2.45) is 0 Å². The van der Waals surface area contributed by atoms with E-state index in [2.05, 4.69) is 4.98 Å². The number of aryl methyl sites for hydroxylation is 1. The van der Waals surface area contributed by atoms with Gasteiger partial charge in [0.05, 0.1) is 16.6 Å². The van der Waals surface area contributed by atoms with Crippen molar-refractivity contribution in [2.45, 2.75) is 6.92 Å². The maximum Gasteiger partial charge on any atom is 0.257 e. The predicted octanol–water partition coefficient (Wildman–Crippen LogP) is 4.38. The molecule has 0 radical (unpaired) electrons. The molecule has 0 saturated carbocycles. The van der Waals surface area contributed by atoms with E-state index in [1.165, 1.54) is 0 Å². The minimum absolute atomic E-state index is 0.146. The second-order valence-electron chi connectivity index (χ2n) is 6.13. The van der Waals surface area contributed by atoms with Crippen molar-refractivity contribution >= 4 is 17.2 Å². The van der Waals surface area contributed by atoms with Crippen LogP contribution in [-0.2, 0) is 0 Å². The second-order valence-corrected chi connectivity index (χ2v) is 6.13. The van der Waals surface area contributed by atoms with Crippen molar-refractivity contribution in [3.63, 3.8) is 0 Å². The first-order valence-electron chi connectivity index (χ1n) is 8.32. The van der Waals surface area contributed by atoms with E-state index in [4.69, 9.17) is 4.98 Å². The molecule has 2 aromatic heterocycles. The summed E-state index contributed by atoms with van der Waals surface area (Å²) >= 11 is 0. The van der Waals surface area contributed by atoms with Gasteiger partial charge in [0.15, 0.2) is 0 Å². The third kappa shape index (κ3) is 2.62. The van der Waals surface area contributed by atoms with Crippen LogP contribution in [0.15, 0.2) is 71.7 Å². The molecule has 0 aliphatic heterocycles. The Labute approximate surface area is 150 Å². The number of fused-ring (bicyclic) bond motifs is 1. The van der Waals surface area contributed by atoms with Gasteiger partial charge in [0, 0.05) is 22.9 Å². The molecular weight excluding hydrogens is 324 g/mol. The van der Waals surface area contributed by atoms with Crippen molar-refractivity contribution < 1.29 is 4.79 Å². The highest BCUT2D eigenvalue weighted by Gasteiger charge is 2.17. The van der Waals surface area contributed by atoms with Crippen molar-refractivity contribution in [1.29, 1.82) is 0 Å². The molecule has 4 heteroatoms. The Kier molecular flexibility index (Phi) is 3.93. The normalized spacial score (nSPS) is 10.8. The molecule has 0 unspecified atom stereocenters. The van der Waals surface area contributed by atoms with Crippen LogP contribution in [-0.4, -0.2) is 16.3 Å². The number of nitrogens with zero attached hydrogens (tertiary/aromatic N) is 1. The molecular formula is C22H16N2O2. The highest BCUT2D eigenvalue weighted by Crippen LogP contribution is 2.36. The van der Waals surface area contributed by atoms with Crippen LogP contribution in [0, 0.1) is 6.92 Å². The fraction of sp³-hybridized carbons (Fsp3) is 0.0455. The third-order valence-corrected chi connectivity index (χ3v) is 4.54. The lowest BCUT2D eigenvalue weighted by molar-refractivity contribution is 0.112. The Morgan fingerprint density at radius 3 is 2.35 bits per heavy atom. The van der Waals surface area contributed by atoms with Gasteiger partial charge in [-0.3, -0.25) is 9.59 Å². The molecule has 0 saturated heterocycles. The van der Waals surface area contributed by atoms with Crippen LogP contribution in [0.4, 0.5) is 0 Å². The molecule has 0 bridgehead atoms. The van der Waals surface area contributed by atoms with Crippen molar-refractivity contribution in [2.75, 3.05) is 0 Å². The molecule has 0 amide bonds. The lowest BCUT2D eigenvalue weighted by Gasteiger charge is -2.15. The van der Waals surface area contributed by atoms with Gasteiger partial charge in [-0.05, 0) is 24.1 Å². The first kappa shape index (κ1) is 16.0. The summed E-state index contributed by atoms with van der Waals surface area (Å²) in [6, 6.07) is 19.0. The van der Waals surface area contributed by atoms with E-state index in [9.17, 15) is 9.59 Å². The smallest absolute Gasteiger partial charge is 0.257 e. The summed E-state index contributed by atoms with van der Waals surface area (Å²) in [4.78, 5) is 30.9. The molecule has 1 N–H and O–H groups in total. The van der Waals surface area contributed by atoms with Gasteiger partial charge in [-0.15, -0.1) is 0 Å². The van der Waals surface area contributed by atoms with E-state index in [-0.39, 0.29) is 5.56 Å². The number of aromatic nitrogens is 2. The minimum atomic E-state index is -0.146. The zero-order valence-electron chi connectivity index (χ0n) is 14.2. The molecule has 26 heavy (non-hydrogen) atoms. The highest BCUT2D eigenvalue weighted by molar-refractivity contribution is 5.95. The number of pyridine rings is 2. The number of aromatic amines is 1. The average molecular weight is 340 g/mol. The van der Waals surface area contributed by atoms with Crippen molar-refractivity contribution in [1.82, 2.24) is 9.97 Å². The van der Waals surface area contributed by atoms with E-state index in [0.29, 0.717) is 16.5 Å². The quantitative estimate of drug-likeness (QED) is 0.563. The standard InChI is InChI=1S/C22H16N2O2/c1-14-19(16-5-3-2-4-6-16)21(17-9-7-15(13-25)8-10-17)24-18-11-12-23-22(26)20(14)18/h2-13H,1H3,(H,23,26). The van der Waals surface area contributed by atoms with Crippen molar-refractivity contribution in [3.05, 3.63) is 88.3 Å². The van der Waals surface area contributed by atoms with Gasteiger partial charge in [-0.1, -0.05) is 54.6 Å². The number of H-pyrrole nitrogens is 1. The lowest BCUT2D eigenvalue weighted by atomic mass is 9.93. The fourth-order valence-corrected chi connectivity index (χ4v) is 3.29. The Balaban J connectivity index is 2.10. The molecule has 4 aromatic rings. The van der Waals surface area contributed by atoms with Crippen LogP contribution in [0.1, 0.15) is 15.9 Å². The number of aldehydes is 1. The summed E-state index contributed by atoms with van der Waals surface area (Å²) in [5.41, 5.74) is 5.63. The van der Waals surface area contributed by atoms with Crippen LogP contribution in [0.5, 0.6) is 0 Å². The number of rotatable bonds is 3. The van der Waals surface area contributed by atoms with E-state index >= 15 is 0 Å². The largest absolute Gasteiger partial charge is 0.328 e. The van der Waals surface area contributed by atoms with Gasteiger partial charge in [0.2, 0.25) is 0 Å². The molecule has 126 valence electrons. The number of carbonyl (C=O) groups is 1. The van der Waals surface area contributed by atoms with Gasteiger partial charge in [0.1, 0.15) is 6.29 Å². The molecule has 2 aromatic carbocycles. The summed E-state index contributed by atoms with van der Waals surface area (Å²) in [6.07, 6.45) is 2.43. The van der Waals surface area contributed by atoms with Crippen LogP contribution in [0.25, 0.3) is 33.3 Å². The number of carbonyl (C=O) groups excluding carboxylic acids is 1. The molecule has 4 rings (SSSR count). The summed E-state index contributed by atoms with van der Waals surface area (Å²) < 4.78 is 0.